The van der Waals surface area contributed by atoms with Crippen molar-refractivity contribution in [1.29, 1.82) is 0 Å². The van der Waals surface area contributed by atoms with Crippen LogP contribution in [0.1, 0.15) is 31.2 Å². The minimum absolute atomic E-state index is 0.201. The van der Waals surface area contributed by atoms with Crippen molar-refractivity contribution in [3.63, 3.8) is 0 Å². The molecule has 0 spiro atoms. The summed E-state index contributed by atoms with van der Waals surface area (Å²) in [5.41, 5.74) is -1.15. The van der Waals surface area contributed by atoms with Crippen molar-refractivity contribution >= 4 is 29.1 Å². The summed E-state index contributed by atoms with van der Waals surface area (Å²) < 4.78 is 4.97. The molecule has 6 nitrogen and oxygen atoms in total. The van der Waals surface area contributed by atoms with Crippen molar-refractivity contribution in [2.24, 2.45) is 11.8 Å². The zero-order valence-electron chi connectivity index (χ0n) is 13.4. The fraction of sp³-hybridized carbons (Fsp3) is 0.562. The standard InChI is InChI=1S/C16H20N2O4S/c1-4-16(15(21)22-3)11-10(13(19)18(5-2)14(11)20)12(17-16)9-7-6-8-23-9/h6-8,10-12,17H,4-5H2,1-3H3/t10-,11-,12-,16-/m0/s1. The van der Waals surface area contributed by atoms with Gasteiger partial charge in [0.2, 0.25) is 11.8 Å². The average molecular weight is 336 g/mol. The van der Waals surface area contributed by atoms with E-state index in [-0.39, 0.29) is 17.9 Å². The van der Waals surface area contributed by atoms with Gasteiger partial charge in [0.1, 0.15) is 5.54 Å². The Labute approximate surface area is 138 Å². The molecular formula is C16H20N2O4S. The van der Waals surface area contributed by atoms with Crippen LogP contribution in [0.5, 0.6) is 0 Å². The number of methoxy groups -OCH3 is 1. The summed E-state index contributed by atoms with van der Waals surface area (Å²) in [6, 6.07) is 3.49. The van der Waals surface area contributed by atoms with E-state index in [0.29, 0.717) is 13.0 Å². The largest absolute Gasteiger partial charge is 0.468 e. The second-order valence-electron chi connectivity index (χ2n) is 5.88. The molecule has 1 N–H and O–H groups in total. The molecule has 0 unspecified atom stereocenters. The van der Waals surface area contributed by atoms with Crippen molar-refractivity contribution in [3.8, 4) is 0 Å². The number of nitrogens with one attached hydrogen (secondary N) is 1. The van der Waals surface area contributed by atoms with Crippen LogP contribution in [-0.2, 0) is 19.1 Å². The number of ether oxygens (including phenoxy) is 1. The number of esters is 1. The van der Waals surface area contributed by atoms with Gasteiger partial charge in [-0.3, -0.25) is 24.6 Å². The topological polar surface area (TPSA) is 75.7 Å². The van der Waals surface area contributed by atoms with Gasteiger partial charge in [0.25, 0.3) is 0 Å². The lowest BCUT2D eigenvalue weighted by molar-refractivity contribution is -0.154. The maximum Gasteiger partial charge on any atom is 0.326 e. The fourth-order valence-electron chi connectivity index (χ4n) is 3.92. The van der Waals surface area contributed by atoms with Crippen LogP contribution in [-0.4, -0.2) is 41.9 Å². The fourth-order valence-corrected chi connectivity index (χ4v) is 4.75. The van der Waals surface area contributed by atoms with E-state index in [1.165, 1.54) is 23.3 Å². The molecule has 3 rings (SSSR count). The van der Waals surface area contributed by atoms with E-state index in [1.54, 1.807) is 6.92 Å². The summed E-state index contributed by atoms with van der Waals surface area (Å²) in [4.78, 5) is 40.3. The van der Waals surface area contributed by atoms with E-state index in [1.807, 2.05) is 24.4 Å². The van der Waals surface area contributed by atoms with E-state index >= 15 is 0 Å². The molecule has 2 aliphatic rings. The summed E-state index contributed by atoms with van der Waals surface area (Å²) in [6.45, 7) is 3.93. The number of carbonyl (C=O) groups is 3. The quantitative estimate of drug-likeness (QED) is 0.663. The van der Waals surface area contributed by atoms with Crippen LogP contribution < -0.4 is 5.32 Å². The SMILES string of the molecule is CCN1C(=O)[C@H]2[C@@H](C1=O)[C@@](CC)(C(=O)OC)N[C@H]2c1cccs1. The molecule has 4 atom stereocenters. The number of carbonyl (C=O) groups excluding carboxylic acids is 3. The van der Waals surface area contributed by atoms with Crippen LogP contribution in [0.2, 0.25) is 0 Å². The highest BCUT2D eigenvalue weighted by atomic mass is 32.1. The summed E-state index contributed by atoms with van der Waals surface area (Å²) in [5, 5.41) is 5.21. The molecule has 0 radical (unpaired) electrons. The molecule has 23 heavy (non-hydrogen) atoms. The first-order valence-electron chi connectivity index (χ1n) is 7.76. The first-order valence-corrected chi connectivity index (χ1v) is 8.64. The Morgan fingerprint density at radius 3 is 2.65 bits per heavy atom. The molecule has 2 saturated heterocycles. The third kappa shape index (κ3) is 2.06. The van der Waals surface area contributed by atoms with Gasteiger partial charge in [-0.25, -0.2) is 0 Å². The normalized spacial score (nSPS) is 33.2. The molecule has 124 valence electrons. The van der Waals surface area contributed by atoms with Crippen molar-refractivity contribution in [2.75, 3.05) is 13.7 Å². The van der Waals surface area contributed by atoms with Crippen molar-refractivity contribution < 1.29 is 19.1 Å². The smallest absolute Gasteiger partial charge is 0.326 e. The molecule has 7 heteroatoms. The molecule has 0 aliphatic carbocycles. The zero-order valence-corrected chi connectivity index (χ0v) is 14.2. The predicted molar refractivity (Wildman–Crippen MR) is 84.6 cm³/mol. The van der Waals surface area contributed by atoms with Crippen LogP contribution in [0, 0.1) is 11.8 Å². The molecule has 2 aliphatic heterocycles. The third-order valence-corrected chi connectivity index (χ3v) is 5.97. The summed E-state index contributed by atoms with van der Waals surface area (Å²) >= 11 is 1.52. The first-order chi connectivity index (χ1) is 11.0. The molecule has 2 amide bonds. The molecule has 0 aromatic carbocycles. The third-order valence-electron chi connectivity index (χ3n) is 5.02. The van der Waals surface area contributed by atoms with Crippen molar-refractivity contribution in [2.45, 2.75) is 31.8 Å². The molecule has 1 aromatic heterocycles. The Morgan fingerprint density at radius 2 is 2.13 bits per heavy atom. The lowest BCUT2D eigenvalue weighted by Gasteiger charge is -2.31. The van der Waals surface area contributed by atoms with Gasteiger partial charge in [-0.15, -0.1) is 11.3 Å². The number of hydrogen-bond acceptors (Lipinski definition) is 6. The second kappa shape index (κ2) is 5.72. The second-order valence-corrected chi connectivity index (χ2v) is 6.86. The maximum absolute atomic E-state index is 12.8. The van der Waals surface area contributed by atoms with Crippen LogP contribution >= 0.6 is 11.3 Å². The van der Waals surface area contributed by atoms with E-state index in [2.05, 4.69) is 5.32 Å². The molecule has 3 heterocycles. The van der Waals surface area contributed by atoms with Gasteiger partial charge in [0.05, 0.1) is 25.0 Å². The average Bonchev–Trinajstić information content (AvgIpc) is 3.24. The van der Waals surface area contributed by atoms with Gasteiger partial charge >= 0.3 is 5.97 Å². The van der Waals surface area contributed by atoms with Gasteiger partial charge in [0, 0.05) is 11.4 Å². The summed E-state index contributed by atoms with van der Waals surface area (Å²) in [6.07, 6.45) is 0.388. The van der Waals surface area contributed by atoms with E-state index in [4.69, 9.17) is 4.74 Å². The van der Waals surface area contributed by atoms with Gasteiger partial charge in [-0.05, 0) is 24.8 Å². The summed E-state index contributed by atoms with van der Waals surface area (Å²) in [7, 11) is 1.31. The highest BCUT2D eigenvalue weighted by Gasteiger charge is 2.67. The van der Waals surface area contributed by atoms with Crippen LogP contribution in [0.15, 0.2) is 17.5 Å². The number of imide groups is 1. The zero-order chi connectivity index (χ0) is 16.8. The van der Waals surface area contributed by atoms with E-state index < -0.39 is 23.3 Å². The minimum atomic E-state index is -1.15. The lowest BCUT2D eigenvalue weighted by Crippen LogP contribution is -2.55. The van der Waals surface area contributed by atoms with Gasteiger partial charge in [0.15, 0.2) is 0 Å². The summed E-state index contributed by atoms with van der Waals surface area (Å²) in [5.74, 6) is -2.22. The number of likely N-dealkylation sites (tertiary alicyclic amines) is 1. The van der Waals surface area contributed by atoms with Gasteiger partial charge in [-0.2, -0.15) is 0 Å². The Bertz CT molecular complexity index is 645. The van der Waals surface area contributed by atoms with Crippen molar-refractivity contribution in [1.82, 2.24) is 10.2 Å². The Balaban J connectivity index is 2.13. The number of nitrogens with zero attached hydrogens (tertiary/aromatic N) is 1. The van der Waals surface area contributed by atoms with Gasteiger partial charge in [-0.1, -0.05) is 13.0 Å². The number of thiophene rings is 1. The first kappa shape index (κ1) is 16.1. The van der Waals surface area contributed by atoms with E-state index in [0.717, 1.165) is 4.88 Å². The highest BCUT2D eigenvalue weighted by Crippen LogP contribution is 2.50. The van der Waals surface area contributed by atoms with Crippen LogP contribution in [0.25, 0.3) is 0 Å². The molecule has 0 bridgehead atoms. The Morgan fingerprint density at radius 1 is 1.39 bits per heavy atom. The van der Waals surface area contributed by atoms with Crippen LogP contribution in [0.3, 0.4) is 0 Å². The minimum Gasteiger partial charge on any atom is -0.468 e. The number of hydrogen-bond donors (Lipinski definition) is 1. The van der Waals surface area contributed by atoms with Crippen LogP contribution in [0.4, 0.5) is 0 Å². The molecule has 2 fully saturated rings. The Hall–Kier alpha value is -1.73. The number of amides is 2. The van der Waals surface area contributed by atoms with E-state index in [9.17, 15) is 14.4 Å². The monoisotopic (exact) mass is 336 g/mol. The number of rotatable bonds is 4. The highest BCUT2D eigenvalue weighted by molar-refractivity contribution is 7.10. The number of fused-ring (bicyclic) bond motifs is 1. The molecule has 1 aromatic rings. The van der Waals surface area contributed by atoms with Gasteiger partial charge < -0.3 is 4.74 Å². The predicted octanol–water partition coefficient (Wildman–Crippen LogP) is 1.34. The lowest BCUT2D eigenvalue weighted by atomic mass is 9.78. The Kier molecular flexibility index (Phi) is 4.01. The maximum atomic E-state index is 12.8. The van der Waals surface area contributed by atoms with Crippen molar-refractivity contribution in [3.05, 3.63) is 22.4 Å². The molecular weight excluding hydrogens is 316 g/mol. The molecule has 0 saturated carbocycles.